The Hall–Kier alpha value is -2.90. The summed E-state index contributed by atoms with van der Waals surface area (Å²) in [5.41, 5.74) is -0.224. The van der Waals surface area contributed by atoms with Crippen molar-refractivity contribution < 1.29 is 19.2 Å². The van der Waals surface area contributed by atoms with Crippen molar-refractivity contribution in [3.8, 4) is 11.5 Å². The number of pyridine rings is 1. The van der Waals surface area contributed by atoms with Crippen LogP contribution in [0.1, 0.15) is 59.3 Å². The minimum absolute atomic E-state index is 0.112. The lowest BCUT2D eigenvalue weighted by atomic mass is 10.1. The summed E-state index contributed by atoms with van der Waals surface area (Å²) in [5, 5.41) is 11.8. The highest BCUT2D eigenvalue weighted by atomic mass is 16.6. The van der Waals surface area contributed by atoms with Crippen LogP contribution in [0.3, 0.4) is 0 Å². The van der Waals surface area contributed by atoms with Crippen molar-refractivity contribution in [2.45, 2.75) is 65.8 Å². The van der Waals surface area contributed by atoms with E-state index in [9.17, 15) is 19.7 Å². The van der Waals surface area contributed by atoms with Crippen LogP contribution in [0.5, 0.6) is 11.5 Å². The number of aromatic nitrogens is 1. The van der Waals surface area contributed by atoms with Gasteiger partial charge in [0.1, 0.15) is 0 Å². The molecule has 1 heterocycles. The maximum absolute atomic E-state index is 13.2. The predicted molar refractivity (Wildman–Crippen MR) is 111 cm³/mol. The molecule has 0 N–H and O–H groups in total. The maximum atomic E-state index is 13.2. The van der Waals surface area contributed by atoms with E-state index in [1.807, 2.05) is 6.92 Å². The van der Waals surface area contributed by atoms with Gasteiger partial charge in [0.15, 0.2) is 5.75 Å². The van der Waals surface area contributed by atoms with Crippen molar-refractivity contribution in [3.05, 3.63) is 38.7 Å². The van der Waals surface area contributed by atoms with E-state index in [4.69, 9.17) is 9.47 Å². The van der Waals surface area contributed by atoms with Gasteiger partial charge in [-0.25, -0.2) is 0 Å². The van der Waals surface area contributed by atoms with Crippen molar-refractivity contribution in [1.29, 1.82) is 0 Å². The molecule has 0 unspecified atom stereocenters. The summed E-state index contributed by atoms with van der Waals surface area (Å²) in [6, 6.07) is 4.28. The average Bonchev–Trinajstić information content (AvgIpc) is 2.68. The number of hydrogen-bond donors (Lipinski definition) is 0. The fraction of sp³-hybridized carbons (Fsp3) is 0.524. The van der Waals surface area contributed by atoms with E-state index in [2.05, 4.69) is 6.92 Å². The molecule has 0 radical (unpaired) electrons. The number of unbranched alkanes of at least 4 members (excludes halogenated alkanes) is 4. The van der Waals surface area contributed by atoms with Gasteiger partial charge in [-0.3, -0.25) is 19.7 Å². The summed E-state index contributed by atoms with van der Waals surface area (Å²) in [7, 11) is 0. The summed E-state index contributed by atoms with van der Waals surface area (Å²) in [5.74, 6) is -0.625. The fourth-order valence-electron chi connectivity index (χ4n) is 3.11. The third-order valence-electron chi connectivity index (χ3n) is 4.60. The topological polar surface area (TPSA) is 101 Å². The van der Waals surface area contributed by atoms with Gasteiger partial charge in [-0.15, -0.1) is 0 Å². The van der Waals surface area contributed by atoms with E-state index >= 15 is 0 Å². The highest BCUT2D eigenvalue weighted by Crippen LogP contribution is 2.35. The van der Waals surface area contributed by atoms with E-state index in [1.165, 1.54) is 23.6 Å². The molecule has 0 bridgehead atoms. The normalized spacial score (nSPS) is 10.9. The Kier molecular flexibility index (Phi) is 8.18. The standard InChI is InChI=1S/C21H28N2O6/c1-4-6-8-9-12-22-18-14-16(23(26)27)10-11-17(18)19(28-13-7-5-2)20(21(22)25)29-15(3)24/h10-11,14H,4-9,12-13H2,1-3H3. The van der Waals surface area contributed by atoms with Crippen molar-refractivity contribution in [3.63, 3.8) is 0 Å². The minimum atomic E-state index is -0.624. The molecule has 2 aromatic rings. The third kappa shape index (κ3) is 5.56. The van der Waals surface area contributed by atoms with Crippen LogP contribution in [-0.2, 0) is 11.3 Å². The number of fused-ring (bicyclic) bond motifs is 1. The number of rotatable bonds is 11. The van der Waals surface area contributed by atoms with Gasteiger partial charge >= 0.3 is 5.97 Å². The largest absolute Gasteiger partial charge is 0.489 e. The molecule has 158 valence electrons. The second-order valence-corrected chi connectivity index (χ2v) is 6.93. The Labute approximate surface area is 169 Å². The van der Waals surface area contributed by atoms with Crippen LogP contribution in [0.15, 0.2) is 23.0 Å². The van der Waals surface area contributed by atoms with Crippen molar-refractivity contribution in [2.24, 2.45) is 0 Å². The zero-order valence-corrected chi connectivity index (χ0v) is 17.2. The molecule has 0 aliphatic rings. The first-order chi connectivity index (χ1) is 13.9. The molecule has 1 aromatic carbocycles. The van der Waals surface area contributed by atoms with Crippen LogP contribution in [0, 0.1) is 10.1 Å². The molecule has 2 rings (SSSR count). The van der Waals surface area contributed by atoms with E-state index in [0.29, 0.717) is 24.1 Å². The number of carbonyl (C=O) groups is 1. The van der Waals surface area contributed by atoms with E-state index in [1.54, 1.807) is 6.07 Å². The molecule has 29 heavy (non-hydrogen) atoms. The van der Waals surface area contributed by atoms with Crippen LogP contribution in [0.2, 0.25) is 0 Å². The van der Waals surface area contributed by atoms with E-state index < -0.39 is 16.5 Å². The van der Waals surface area contributed by atoms with Gasteiger partial charge in [0.25, 0.3) is 11.2 Å². The number of nitro benzene ring substituents is 1. The Bertz CT molecular complexity index is 935. The van der Waals surface area contributed by atoms with Crippen molar-refractivity contribution >= 4 is 22.6 Å². The second-order valence-electron chi connectivity index (χ2n) is 6.93. The Morgan fingerprint density at radius 1 is 1.10 bits per heavy atom. The van der Waals surface area contributed by atoms with Crippen LogP contribution in [0.25, 0.3) is 10.9 Å². The lowest BCUT2D eigenvalue weighted by Crippen LogP contribution is -2.25. The average molecular weight is 404 g/mol. The van der Waals surface area contributed by atoms with Gasteiger partial charge < -0.3 is 14.0 Å². The first-order valence-electron chi connectivity index (χ1n) is 10.1. The molecule has 0 fully saturated rings. The quantitative estimate of drug-likeness (QED) is 0.235. The molecule has 0 saturated heterocycles. The van der Waals surface area contributed by atoms with E-state index in [0.717, 1.165) is 38.5 Å². The molecule has 0 aliphatic carbocycles. The molecule has 0 aliphatic heterocycles. The Morgan fingerprint density at radius 3 is 2.45 bits per heavy atom. The molecule has 8 nitrogen and oxygen atoms in total. The fourth-order valence-corrected chi connectivity index (χ4v) is 3.11. The first kappa shape index (κ1) is 22.4. The third-order valence-corrected chi connectivity index (χ3v) is 4.60. The number of nitrogens with zero attached hydrogens (tertiary/aromatic N) is 2. The monoisotopic (exact) mass is 404 g/mol. The van der Waals surface area contributed by atoms with Gasteiger partial charge in [0.2, 0.25) is 5.75 Å². The maximum Gasteiger partial charge on any atom is 0.308 e. The van der Waals surface area contributed by atoms with Gasteiger partial charge in [0.05, 0.1) is 17.0 Å². The molecule has 0 atom stereocenters. The van der Waals surface area contributed by atoms with Crippen LogP contribution >= 0.6 is 0 Å². The molecule has 0 saturated carbocycles. The summed E-state index contributed by atoms with van der Waals surface area (Å²) < 4.78 is 12.5. The molecule has 0 amide bonds. The highest BCUT2D eigenvalue weighted by molar-refractivity contribution is 5.90. The molecular formula is C21H28N2O6. The lowest BCUT2D eigenvalue weighted by Gasteiger charge is -2.17. The number of aryl methyl sites for hydroxylation is 1. The SMILES string of the molecule is CCCCCCn1c(=O)c(OC(C)=O)c(OCCCC)c2ccc([N+](=O)[O-])cc21. The number of esters is 1. The molecule has 1 aromatic heterocycles. The van der Waals surface area contributed by atoms with Gasteiger partial charge in [-0.05, 0) is 18.9 Å². The summed E-state index contributed by atoms with van der Waals surface area (Å²) in [6.45, 7) is 6.04. The number of carbonyl (C=O) groups excluding carboxylic acids is 1. The highest BCUT2D eigenvalue weighted by Gasteiger charge is 2.22. The molecule has 8 heteroatoms. The summed E-state index contributed by atoms with van der Waals surface area (Å²) in [6.07, 6.45) is 5.39. The molecule has 0 spiro atoms. The van der Waals surface area contributed by atoms with E-state index in [-0.39, 0.29) is 17.2 Å². The smallest absolute Gasteiger partial charge is 0.308 e. The summed E-state index contributed by atoms with van der Waals surface area (Å²) >= 11 is 0. The van der Waals surface area contributed by atoms with Gasteiger partial charge in [-0.2, -0.15) is 0 Å². The van der Waals surface area contributed by atoms with Crippen LogP contribution in [-0.4, -0.2) is 22.1 Å². The Morgan fingerprint density at radius 2 is 1.83 bits per heavy atom. The number of non-ortho nitro benzene ring substituents is 1. The number of ether oxygens (including phenoxy) is 2. The van der Waals surface area contributed by atoms with Gasteiger partial charge in [0, 0.05) is 31.0 Å². The van der Waals surface area contributed by atoms with Gasteiger partial charge in [-0.1, -0.05) is 39.5 Å². The molecular weight excluding hydrogens is 376 g/mol. The number of nitro groups is 1. The van der Waals surface area contributed by atoms with Crippen LogP contribution in [0.4, 0.5) is 5.69 Å². The zero-order valence-electron chi connectivity index (χ0n) is 17.2. The Balaban J connectivity index is 2.68. The zero-order chi connectivity index (χ0) is 21.4. The lowest BCUT2D eigenvalue weighted by molar-refractivity contribution is -0.384. The number of hydrogen-bond acceptors (Lipinski definition) is 6. The predicted octanol–water partition coefficient (Wildman–Crippen LogP) is 4.59. The minimum Gasteiger partial charge on any atom is -0.489 e. The van der Waals surface area contributed by atoms with Crippen LogP contribution < -0.4 is 15.0 Å². The number of benzene rings is 1. The summed E-state index contributed by atoms with van der Waals surface area (Å²) in [4.78, 5) is 35.5. The van der Waals surface area contributed by atoms with Crippen molar-refractivity contribution in [2.75, 3.05) is 6.61 Å². The second kappa shape index (κ2) is 10.6. The van der Waals surface area contributed by atoms with Crippen molar-refractivity contribution in [1.82, 2.24) is 4.57 Å². The first-order valence-corrected chi connectivity index (χ1v) is 10.1.